The van der Waals surface area contributed by atoms with Crippen molar-refractivity contribution < 1.29 is 4.79 Å². The van der Waals surface area contributed by atoms with Gasteiger partial charge in [0.2, 0.25) is 0 Å². The van der Waals surface area contributed by atoms with Crippen molar-refractivity contribution in [3.05, 3.63) is 70.7 Å². The minimum Gasteiger partial charge on any atom is -0.326 e. The number of likely N-dealkylation sites (tertiary alicyclic amines) is 1. The first-order chi connectivity index (χ1) is 14.1. The molecule has 1 aliphatic heterocycles. The second-order valence-electron chi connectivity index (χ2n) is 8.73. The quantitative estimate of drug-likeness (QED) is 0.668. The number of nitrogens with zero attached hydrogens (tertiary/aromatic N) is 1. The topological polar surface area (TPSA) is 46.3 Å². The van der Waals surface area contributed by atoms with Gasteiger partial charge in [-0.3, -0.25) is 9.69 Å². The van der Waals surface area contributed by atoms with Gasteiger partial charge in [-0.25, -0.2) is 0 Å². The lowest BCUT2D eigenvalue weighted by atomic mass is 9.71. The van der Waals surface area contributed by atoms with Gasteiger partial charge in [-0.15, -0.1) is 0 Å². The van der Waals surface area contributed by atoms with Gasteiger partial charge < -0.3 is 5.73 Å². The largest absolute Gasteiger partial charge is 0.326 e. The molecule has 2 aliphatic rings. The molecular formula is C25H31ClN2O. The molecule has 2 N–H and O–H groups in total. The fourth-order valence-corrected chi connectivity index (χ4v) is 5.50. The number of hydrogen-bond acceptors (Lipinski definition) is 3. The molecule has 29 heavy (non-hydrogen) atoms. The number of nitrogens with two attached hydrogens (primary N) is 1. The van der Waals surface area contributed by atoms with Crippen LogP contribution in [0.2, 0.25) is 5.02 Å². The highest BCUT2D eigenvalue weighted by atomic mass is 35.5. The van der Waals surface area contributed by atoms with E-state index >= 15 is 0 Å². The van der Waals surface area contributed by atoms with Crippen LogP contribution in [0.25, 0.3) is 0 Å². The zero-order valence-corrected chi connectivity index (χ0v) is 17.8. The maximum atomic E-state index is 13.1. The third-order valence-electron chi connectivity index (χ3n) is 7.09. The van der Waals surface area contributed by atoms with Crippen LogP contribution < -0.4 is 5.73 Å². The molecule has 1 saturated carbocycles. The first-order valence-electron chi connectivity index (χ1n) is 10.9. The molecule has 2 aromatic rings. The Labute approximate surface area is 179 Å². The van der Waals surface area contributed by atoms with E-state index in [4.69, 9.17) is 17.3 Å². The third-order valence-corrected chi connectivity index (χ3v) is 7.35. The predicted octanol–water partition coefficient (Wildman–Crippen LogP) is 5.43. The molecule has 154 valence electrons. The average Bonchev–Trinajstić information content (AvgIpc) is 2.77. The van der Waals surface area contributed by atoms with Gasteiger partial charge in [0, 0.05) is 28.6 Å². The van der Waals surface area contributed by atoms with Crippen molar-refractivity contribution in [2.75, 3.05) is 13.1 Å². The molecule has 0 bridgehead atoms. The van der Waals surface area contributed by atoms with Crippen molar-refractivity contribution in [3.8, 4) is 0 Å². The number of carbonyl (C=O) groups is 1. The summed E-state index contributed by atoms with van der Waals surface area (Å²) in [4.78, 5) is 15.7. The number of piperidine rings is 1. The average molecular weight is 411 g/mol. The monoisotopic (exact) mass is 410 g/mol. The lowest BCUT2D eigenvalue weighted by Gasteiger charge is -2.52. The van der Waals surface area contributed by atoms with E-state index in [1.54, 1.807) is 0 Å². The van der Waals surface area contributed by atoms with Gasteiger partial charge >= 0.3 is 0 Å². The highest BCUT2D eigenvalue weighted by Crippen LogP contribution is 2.40. The van der Waals surface area contributed by atoms with Gasteiger partial charge in [-0.1, -0.05) is 66.9 Å². The van der Waals surface area contributed by atoms with Crippen molar-refractivity contribution in [1.29, 1.82) is 0 Å². The van der Waals surface area contributed by atoms with E-state index in [-0.39, 0.29) is 17.4 Å². The Morgan fingerprint density at radius 2 is 1.69 bits per heavy atom. The van der Waals surface area contributed by atoms with Crippen molar-refractivity contribution >= 4 is 17.4 Å². The second-order valence-corrected chi connectivity index (χ2v) is 9.17. The molecule has 0 radical (unpaired) electrons. The summed E-state index contributed by atoms with van der Waals surface area (Å²) in [7, 11) is 0. The van der Waals surface area contributed by atoms with E-state index in [1.165, 1.54) is 12.0 Å². The molecule has 1 heterocycles. The lowest BCUT2D eigenvalue weighted by molar-refractivity contribution is 0.00876. The Bertz CT molecular complexity index is 814. The van der Waals surface area contributed by atoms with Crippen LogP contribution in [-0.4, -0.2) is 35.4 Å². The van der Waals surface area contributed by atoms with E-state index < -0.39 is 0 Å². The van der Waals surface area contributed by atoms with Gasteiger partial charge in [0.1, 0.15) is 0 Å². The summed E-state index contributed by atoms with van der Waals surface area (Å²) in [6.07, 6.45) is 7.11. The summed E-state index contributed by atoms with van der Waals surface area (Å²) in [6, 6.07) is 18.1. The van der Waals surface area contributed by atoms with Gasteiger partial charge in [0.05, 0.1) is 0 Å². The molecule has 0 aromatic heterocycles. The minimum absolute atomic E-state index is 0.0657. The Hall–Kier alpha value is -1.68. The van der Waals surface area contributed by atoms with E-state index in [9.17, 15) is 4.79 Å². The summed E-state index contributed by atoms with van der Waals surface area (Å²) in [5, 5.41) is 0.790. The van der Waals surface area contributed by atoms with Crippen LogP contribution in [0.5, 0.6) is 0 Å². The molecule has 4 rings (SSSR count). The maximum absolute atomic E-state index is 13.1. The molecule has 2 atom stereocenters. The number of halogens is 1. The molecule has 1 aliphatic carbocycles. The lowest BCUT2D eigenvalue weighted by Crippen LogP contribution is -2.63. The Balaban J connectivity index is 1.50. The zero-order chi connectivity index (χ0) is 20.3. The van der Waals surface area contributed by atoms with Crippen LogP contribution in [-0.2, 0) is 0 Å². The van der Waals surface area contributed by atoms with Crippen LogP contribution in [0.3, 0.4) is 0 Å². The van der Waals surface area contributed by atoms with E-state index in [0.29, 0.717) is 12.3 Å². The molecule has 2 unspecified atom stereocenters. The highest BCUT2D eigenvalue weighted by molar-refractivity contribution is 6.30. The predicted molar refractivity (Wildman–Crippen MR) is 120 cm³/mol. The molecule has 2 fully saturated rings. The van der Waals surface area contributed by atoms with Crippen molar-refractivity contribution in [3.63, 3.8) is 0 Å². The molecule has 0 spiro atoms. The molecule has 1 saturated heterocycles. The smallest absolute Gasteiger partial charge is 0.164 e. The van der Waals surface area contributed by atoms with Crippen LogP contribution in [0.1, 0.15) is 66.8 Å². The summed E-state index contributed by atoms with van der Waals surface area (Å²) in [5.74, 6) is 0.785. The number of hydrogen-bond donors (Lipinski definition) is 1. The highest BCUT2D eigenvalue weighted by Gasteiger charge is 2.46. The Morgan fingerprint density at radius 3 is 2.34 bits per heavy atom. The molecular weight excluding hydrogens is 380 g/mol. The van der Waals surface area contributed by atoms with Crippen LogP contribution in [0.4, 0.5) is 0 Å². The SMILES string of the molecule is NC1CCCCC1(CC(=O)c1ccccc1)N1CCC(c2ccc(Cl)cc2)CC1. The van der Waals surface area contributed by atoms with Gasteiger partial charge in [-0.2, -0.15) is 0 Å². The van der Waals surface area contributed by atoms with Crippen LogP contribution >= 0.6 is 11.6 Å². The van der Waals surface area contributed by atoms with Crippen molar-refractivity contribution in [1.82, 2.24) is 4.90 Å². The van der Waals surface area contributed by atoms with Gasteiger partial charge in [0.25, 0.3) is 0 Å². The number of carbonyl (C=O) groups excluding carboxylic acids is 1. The molecule has 0 amide bonds. The molecule has 4 heteroatoms. The summed E-state index contributed by atoms with van der Waals surface area (Å²) < 4.78 is 0. The fraction of sp³-hybridized carbons (Fsp3) is 0.480. The van der Waals surface area contributed by atoms with Crippen molar-refractivity contribution in [2.45, 2.75) is 62.4 Å². The fourth-order valence-electron chi connectivity index (χ4n) is 5.37. The molecule has 3 nitrogen and oxygen atoms in total. The number of benzene rings is 2. The van der Waals surface area contributed by atoms with Crippen molar-refractivity contribution in [2.24, 2.45) is 5.73 Å². The Morgan fingerprint density at radius 1 is 1.00 bits per heavy atom. The molecule has 2 aromatic carbocycles. The normalized spacial score (nSPS) is 26.3. The maximum Gasteiger partial charge on any atom is 0.164 e. The van der Waals surface area contributed by atoms with Gasteiger partial charge in [-0.05, 0) is 62.4 Å². The van der Waals surface area contributed by atoms with E-state index in [1.807, 2.05) is 42.5 Å². The number of Topliss-reactive ketones (excluding diaryl/α,β-unsaturated/α-hetero) is 1. The first-order valence-corrected chi connectivity index (χ1v) is 11.3. The Kier molecular flexibility index (Phi) is 6.38. The second kappa shape index (κ2) is 8.99. The van der Waals surface area contributed by atoms with E-state index in [2.05, 4.69) is 17.0 Å². The first kappa shape index (κ1) is 20.6. The summed E-state index contributed by atoms with van der Waals surface area (Å²) in [5.41, 5.74) is 8.70. The standard InChI is InChI=1S/C25H31ClN2O/c26-22-11-9-19(10-12-22)20-13-16-28(17-14-20)25(15-5-4-8-24(25)27)18-23(29)21-6-2-1-3-7-21/h1-3,6-7,9-12,20,24H,4-5,8,13-18,27H2. The zero-order valence-electron chi connectivity index (χ0n) is 17.0. The van der Waals surface area contributed by atoms with Crippen LogP contribution in [0, 0.1) is 0 Å². The minimum atomic E-state index is -0.198. The number of rotatable bonds is 5. The third kappa shape index (κ3) is 4.42. The van der Waals surface area contributed by atoms with Gasteiger partial charge in [0.15, 0.2) is 5.78 Å². The van der Waals surface area contributed by atoms with Crippen LogP contribution in [0.15, 0.2) is 54.6 Å². The van der Waals surface area contributed by atoms with E-state index in [0.717, 1.165) is 55.8 Å². The number of ketones is 1. The summed E-state index contributed by atoms with van der Waals surface area (Å²) in [6.45, 7) is 2.01. The summed E-state index contributed by atoms with van der Waals surface area (Å²) >= 11 is 6.05.